The summed E-state index contributed by atoms with van der Waals surface area (Å²) < 4.78 is 0. The number of piperazine rings is 1. The first-order valence-electron chi connectivity index (χ1n) is 7.37. The van der Waals surface area contributed by atoms with Crippen LogP contribution in [0.3, 0.4) is 0 Å². The van der Waals surface area contributed by atoms with Crippen molar-refractivity contribution >= 4 is 5.91 Å². The molecule has 1 aliphatic rings. The van der Waals surface area contributed by atoms with Crippen LogP contribution in [0.2, 0.25) is 0 Å². The molecule has 0 bridgehead atoms. The van der Waals surface area contributed by atoms with Crippen LogP contribution in [0.1, 0.15) is 47.0 Å². The zero-order valence-electron chi connectivity index (χ0n) is 12.3. The van der Waals surface area contributed by atoms with Gasteiger partial charge in [0.1, 0.15) is 0 Å². The number of amides is 1. The van der Waals surface area contributed by atoms with E-state index in [0.29, 0.717) is 18.6 Å². The van der Waals surface area contributed by atoms with Crippen LogP contribution in [0.4, 0.5) is 0 Å². The second-order valence-electron chi connectivity index (χ2n) is 5.38. The van der Waals surface area contributed by atoms with Crippen molar-refractivity contribution < 1.29 is 4.79 Å². The van der Waals surface area contributed by atoms with Gasteiger partial charge in [0.15, 0.2) is 0 Å². The number of nitrogens with zero attached hydrogens (tertiary/aromatic N) is 1. The number of rotatable bonds is 6. The fourth-order valence-electron chi connectivity index (χ4n) is 2.41. The van der Waals surface area contributed by atoms with Gasteiger partial charge in [-0.05, 0) is 26.2 Å². The van der Waals surface area contributed by atoms with Gasteiger partial charge in [-0.3, -0.25) is 9.69 Å². The van der Waals surface area contributed by atoms with Gasteiger partial charge in [-0.2, -0.15) is 0 Å². The van der Waals surface area contributed by atoms with Crippen molar-refractivity contribution in [2.24, 2.45) is 0 Å². The van der Waals surface area contributed by atoms with E-state index in [1.54, 1.807) is 0 Å². The molecule has 2 N–H and O–H groups in total. The van der Waals surface area contributed by atoms with Gasteiger partial charge in [-0.15, -0.1) is 0 Å². The third-order valence-electron chi connectivity index (χ3n) is 3.94. The minimum Gasteiger partial charge on any atom is -0.353 e. The maximum atomic E-state index is 12.0. The third kappa shape index (κ3) is 4.58. The first-order valence-corrected chi connectivity index (χ1v) is 7.37. The Balaban J connectivity index is 2.47. The Morgan fingerprint density at radius 1 is 1.39 bits per heavy atom. The Hall–Kier alpha value is -0.610. The van der Waals surface area contributed by atoms with Gasteiger partial charge in [-0.25, -0.2) is 0 Å². The van der Waals surface area contributed by atoms with Gasteiger partial charge in [0.05, 0.1) is 6.54 Å². The van der Waals surface area contributed by atoms with E-state index in [1.165, 1.54) is 0 Å². The van der Waals surface area contributed by atoms with Crippen LogP contribution >= 0.6 is 0 Å². The van der Waals surface area contributed by atoms with E-state index in [0.717, 1.165) is 32.4 Å². The summed E-state index contributed by atoms with van der Waals surface area (Å²) in [6, 6.07) is 1.31. The van der Waals surface area contributed by atoms with Crippen molar-refractivity contribution in [2.75, 3.05) is 19.6 Å². The summed E-state index contributed by atoms with van der Waals surface area (Å²) in [5.41, 5.74) is 0. The highest BCUT2D eigenvalue weighted by molar-refractivity contribution is 5.78. The standard InChI is InChI=1S/C14H29N3O/c1-5-11(4)16-14(18)10-17-9-12(6-2)15-8-13(17)7-3/h11-13,15H,5-10H2,1-4H3,(H,16,18). The number of hydrogen-bond acceptors (Lipinski definition) is 3. The monoisotopic (exact) mass is 255 g/mol. The molecule has 0 radical (unpaired) electrons. The van der Waals surface area contributed by atoms with Crippen molar-refractivity contribution in [1.29, 1.82) is 0 Å². The molecule has 1 aliphatic heterocycles. The highest BCUT2D eigenvalue weighted by atomic mass is 16.2. The molecule has 0 aliphatic carbocycles. The summed E-state index contributed by atoms with van der Waals surface area (Å²) in [6.45, 7) is 11.1. The maximum absolute atomic E-state index is 12.0. The summed E-state index contributed by atoms with van der Waals surface area (Å²) in [5.74, 6) is 0.166. The fraction of sp³-hybridized carbons (Fsp3) is 0.929. The van der Waals surface area contributed by atoms with Crippen LogP contribution in [-0.2, 0) is 4.79 Å². The molecule has 0 aromatic rings. The second-order valence-corrected chi connectivity index (χ2v) is 5.38. The molecule has 18 heavy (non-hydrogen) atoms. The van der Waals surface area contributed by atoms with Gasteiger partial charge >= 0.3 is 0 Å². The first kappa shape index (κ1) is 15.4. The van der Waals surface area contributed by atoms with Crippen LogP contribution < -0.4 is 10.6 Å². The Labute approximate surface area is 111 Å². The van der Waals surface area contributed by atoms with E-state index >= 15 is 0 Å². The summed E-state index contributed by atoms with van der Waals surface area (Å²) in [5, 5.41) is 6.60. The van der Waals surface area contributed by atoms with Gasteiger partial charge in [-0.1, -0.05) is 20.8 Å². The molecule has 4 nitrogen and oxygen atoms in total. The Bertz CT molecular complexity index is 257. The molecule has 1 saturated heterocycles. The van der Waals surface area contributed by atoms with Gasteiger partial charge in [0.25, 0.3) is 0 Å². The normalized spacial score (nSPS) is 26.9. The van der Waals surface area contributed by atoms with Crippen LogP contribution in [-0.4, -0.2) is 48.6 Å². The molecule has 0 spiro atoms. The van der Waals surface area contributed by atoms with Crippen LogP contribution in [0.25, 0.3) is 0 Å². The van der Waals surface area contributed by atoms with Crippen LogP contribution in [0, 0.1) is 0 Å². The lowest BCUT2D eigenvalue weighted by Crippen LogP contribution is -2.58. The van der Waals surface area contributed by atoms with E-state index in [4.69, 9.17) is 0 Å². The third-order valence-corrected chi connectivity index (χ3v) is 3.94. The van der Waals surface area contributed by atoms with Crippen molar-refractivity contribution in [1.82, 2.24) is 15.5 Å². The van der Waals surface area contributed by atoms with Gasteiger partial charge in [0.2, 0.25) is 5.91 Å². The molecule has 3 unspecified atom stereocenters. The molecule has 1 heterocycles. The van der Waals surface area contributed by atoms with Gasteiger partial charge in [0, 0.05) is 31.2 Å². The molecule has 106 valence electrons. The molecule has 0 aromatic carbocycles. The second kappa shape index (κ2) is 7.74. The average Bonchev–Trinajstić information content (AvgIpc) is 2.38. The topological polar surface area (TPSA) is 44.4 Å². The molecule has 0 aromatic heterocycles. The van der Waals surface area contributed by atoms with Crippen molar-refractivity contribution in [3.63, 3.8) is 0 Å². The average molecular weight is 255 g/mol. The summed E-state index contributed by atoms with van der Waals surface area (Å²) >= 11 is 0. The lowest BCUT2D eigenvalue weighted by atomic mass is 10.1. The van der Waals surface area contributed by atoms with Crippen molar-refractivity contribution in [3.05, 3.63) is 0 Å². The van der Waals surface area contributed by atoms with Crippen molar-refractivity contribution in [3.8, 4) is 0 Å². The summed E-state index contributed by atoms with van der Waals surface area (Å²) in [7, 11) is 0. The van der Waals surface area contributed by atoms with Crippen molar-refractivity contribution in [2.45, 2.75) is 65.1 Å². The lowest BCUT2D eigenvalue weighted by Gasteiger charge is -2.39. The molecule has 1 amide bonds. The molecule has 1 rings (SSSR count). The highest BCUT2D eigenvalue weighted by Crippen LogP contribution is 2.11. The lowest BCUT2D eigenvalue weighted by molar-refractivity contribution is -0.123. The first-order chi connectivity index (χ1) is 8.60. The quantitative estimate of drug-likeness (QED) is 0.753. The Morgan fingerprint density at radius 3 is 2.67 bits per heavy atom. The number of hydrogen-bond donors (Lipinski definition) is 2. The van der Waals surface area contributed by atoms with Crippen LogP contribution in [0.15, 0.2) is 0 Å². The minimum atomic E-state index is 0.166. The predicted octanol–water partition coefficient (Wildman–Crippen LogP) is 1.36. The number of carbonyl (C=O) groups is 1. The smallest absolute Gasteiger partial charge is 0.234 e. The van der Waals surface area contributed by atoms with E-state index in [2.05, 4.69) is 43.2 Å². The molecule has 3 atom stereocenters. The minimum absolute atomic E-state index is 0.166. The highest BCUT2D eigenvalue weighted by Gasteiger charge is 2.27. The number of carbonyl (C=O) groups excluding carboxylic acids is 1. The molecule has 4 heteroatoms. The zero-order chi connectivity index (χ0) is 13.5. The summed E-state index contributed by atoms with van der Waals surface area (Å²) in [4.78, 5) is 14.3. The summed E-state index contributed by atoms with van der Waals surface area (Å²) in [6.07, 6.45) is 3.21. The van der Waals surface area contributed by atoms with Gasteiger partial charge < -0.3 is 10.6 Å². The Kier molecular flexibility index (Phi) is 6.65. The van der Waals surface area contributed by atoms with E-state index < -0.39 is 0 Å². The molecular weight excluding hydrogens is 226 g/mol. The fourth-order valence-corrected chi connectivity index (χ4v) is 2.41. The largest absolute Gasteiger partial charge is 0.353 e. The molecule has 0 saturated carbocycles. The molecule has 1 fully saturated rings. The molecular formula is C14H29N3O. The van der Waals surface area contributed by atoms with E-state index in [-0.39, 0.29) is 11.9 Å². The van der Waals surface area contributed by atoms with E-state index in [9.17, 15) is 4.79 Å². The predicted molar refractivity (Wildman–Crippen MR) is 75.6 cm³/mol. The van der Waals surface area contributed by atoms with E-state index in [1.807, 2.05) is 0 Å². The maximum Gasteiger partial charge on any atom is 0.234 e. The zero-order valence-corrected chi connectivity index (χ0v) is 12.3. The SMILES string of the molecule is CCC(C)NC(=O)CN1CC(CC)NCC1CC. The number of nitrogens with one attached hydrogen (secondary N) is 2. The van der Waals surface area contributed by atoms with Crippen LogP contribution in [0.5, 0.6) is 0 Å². The Morgan fingerprint density at radius 2 is 2.11 bits per heavy atom.